The largest absolute Gasteiger partial charge is 0.371 e. The number of ether oxygens (including phenoxy) is 1. The SMILES string of the molecule is Cc1cn(C(C)(C)C2CO2)c2ccccc12. The zero-order chi connectivity index (χ0) is 11.3. The highest BCUT2D eigenvalue weighted by atomic mass is 16.6. The Kier molecular flexibility index (Phi) is 1.93. The molecule has 1 saturated heterocycles. The molecule has 0 saturated carbocycles. The number of rotatable bonds is 2. The van der Waals surface area contributed by atoms with Gasteiger partial charge in [-0.15, -0.1) is 0 Å². The van der Waals surface area contributed by atoms with Crippen LogP contribution in [0.25, 0.3) is 10.9 Å². The van der Waals surface area contributed by atoms with E-state index in [2.05, 4.69) is 55.8 Å². The minimum atomic E-state index is 0.0495. The normalized spacial score (nSPS) is 20.3. The van der Waals surface area contributed by atoms with E-state index in [0.29, 0.717) is 6.10 Å². The second-order valence-electron chi connectivity index (χ2n) is 5.17. The number of benzene rings is 1. The molecular weight excluding hydrogens is 198 g/mol. The minimum Gasteiger partial charge on any atom is -0.371 e. The number of fused-ring (bicyclic) bond motifs is 1. The summed E-state index contributed by atoms with van der Waals surface area (Å²) >= 11 is 0. The maximum atomic E-state index is 5.47. The lowest BCUT2D eigenvalue weighted by Gasteiger charge is -2.26. The fraction of sp³-hybridized carbons (Fsp3) is 0.429. The lowest BCUT2D eigenvalue weighted by molar-refractivity contribution is 0.249. The topological polar surface area (TPSA) is 17.5 Å². The summed E-state index contributed by atoms with van der Waals surface area (Å²) in [4.78, 5) is 0. The number of aryl methyl sites for hydroxylation is 1. The zero-order valence-electron chi connectivity index (χ0n) is 10.0. The van der Waals surface area contributed by atoms with Gasteiger partial charge in [0.15, 0.2) is 0 Å². The number of para-hydroxylation sites is 1. The number of hydrogen-bond donors (Lipinski definition) is 0. The summed E-state index contributed by atoms with van der Waals surface area (Å²) < 4.78 is 7.82. The molecule has 2 heteroatoms. The van der Waals surface area contributed by atoms with Gasteiger partial charge in [-0.1, -0.05) is 18.2 Å². The molecule has 84 valence electrons. The van der Waals surface area contributed by atoms with E-state index in [4.69, 9.17) is 4.74 Å². The molecular formula is C14H17NO. The van der Waals surface area contributed by atoms with Gasteiger partial charge in [0.2, 0.25) is 0 Å². The minimum absolute atomic E-state index is 0.0495. The Labute approximate surface area is 95.8 Å². The first kappa shape index (κ1) is 9.91. The Bertz CT molecular complexity index is 535. The third kappa shape index (κ3) is 1.30. The fourth-order valence-electron chi connectivity index (χ4n) is 2.44. The molecule has 2 nitrogen and oxygen atoms in total. The molecule has 0 aliphatic carbocycles. The van der Waals surface area contributed by atoms with Crippen LogP contribution in [0.4, 0.5) is 0 Å². The van der Waals surface area contributed by atoms with E-state index in [9.17, 15) is 0 Å². The van der Waals surface area contributed by atoms with Crippen molar-refractivity contribution in [3.8, 4) is 0 Å². The smallest absolute Gasteiger partial charge is 0.104 e. The molecule has 3 rings (SSSR count). The van der Waals surface area contributed by atoms with Gasteiger partial charge in [-0.05, 0) is 32.4 Å². The van der Waals surface area contributed by atoms with E-state index in [-0.39, 0.29) is 5.54 Å². The third-order valence-corrected chi connectivity index (χ3v) is 3.65. The number of nitrogens with zero attached hydrogens (tertiary/aromatic N) is 1. The Hall–Kier alpha value is -1.28. The van der Waals surface area contributed by atoms with Gasteiger partial charge in [0.25, 0.3) is 0 Å². The van der Waals surface area contributed by atoms with Gasteiger partial charge in [0.1, 0.15) is 6.10 Å². The first-order valence-corrected chi connectivity index (χ1v) is 5.79. The Morgan fingerprint density at radius 1 is 1.31 bits per heavy atom. The number of aromatic nitrogens is 1. The van der Waals surface area contributed by atoms with Gasteiger partial charge in [-0.25, -0.2) is 0 Å². The lowest BCUT2D eigenvalue weighted by atomic mass is 10.0. The molecule has 1 atom stereocenters. The van der Waals surface area contributed by atoms with Crippen LogP contribution in [0, 0.1) is 6.92 Å². The standard InChI is InChI=1S/C14H17NO/c1-10-8-15(14(2,3)13-9-16-13)12-7-5-4-6-11(10)12/h4-8,13H,9H2,1-3H3. The second-order valence-corrected chi connectivity index (χ2v) is 5.17. The summed E-state index contributed by atoms with van der Waals surface area (Å²) in [7, 11) is 0. The molecule has 1 unspecified atom stereocenters. The van der Waals surface area contributed by atoms with Crippen LogP contribution in [-0.2, 0) is 10.3 Å². The van der Waals surface area contributed by atoms with E-state index in [1.807, 2.05) is 0 Å². The maximum Gasteiger partial charge on any atom is 0.104 e. The fourth-order valence-corrected chi connectivity index (χ4v) is 2.44. The molecule has 0 spiro atoms. The third-order valence-electron chi connectivity index (χ3n) is 3.65. The van der Waals surface area contributed by atoms with Gasteiger partial charge in [0, 0.05) is 17.1 Å². The Morgan fingerprint density at radius 3 is 2.69 bits per heavy atom. The molecule has 16 heavy (non-hydrogen) atoms. The predicted octanol–water partition coefficient (Wildman–Crippen LogP) is 3.08. The summed E-state index contributed by atoms with van der Waals surface area (Å²) in [6, 6.07) is 8.57. The van der Waals surface area contributed by atoms with E-state index in [1.165, 1.54) is 16.5 Å². The summed E-state index contributed by atoms with van der Waals surface area (Å²) in [5.41, 5.74) is 2.69. The Balaban J connectivity index is 2.23. The predicted molar refractivity (Wildman–Crippen MR) is 65.7 cm³/mol. The van der Waals surface area contributed by atoms with Gasteiger partial charge < -0.3 is 9.30 Å². The molecule has 1 aliphatic rings. The Morgan fingerprint density at radius 2 is 2.00 bits per heavy atom. The van der Waals surface area contributed by atoms with Gasteiger partial charge >= 0.3 is 0 Å². The van der Waals surface area contributed by atoms with Crippen LogP contribution >= 0.6 is 0 Å². The molecule has 1 aromatic carbocycles. The summed E-state index contributed by atoms with van der Waals surface area (Å²) in [5, 5.41) is 1.34. The molecule has 0 radical (unpaired) electrons. The van der Waals surface area contributed by atoms with Crippen molar-refractivity contribution in [1.29, 1.82) is 0 Å². The lowest BCUT2D eigenvalue weighted by Crippen LogP contribution is -2.31. The monoisotopic (exact) mass is 215 g/mol. The molecule has 2 heterocycles. The summed E-state index contributed by atoms with van der Waals surface area (Å²) in [5.74, 6) is 0. The quantitative estimate of drug-likeness (QED) is 0.704. The van der Waals surface area contributed by atoms with Crippen LogP contribution in [0.5, 0.6) is 0 Å². The highest BCUT2D eigenvalue weighted by molar-refractivity contribution is 5.84. The van der Waals surface area contributed by atoms with Crippen LogP contribution in [-0.4, -0.2) is 17.3 Å². The van der Waals surface area contributed by atoms with Crippen molar-refractivity contribution in [2.45, 2.75) is 32.4 Å². The molecule has 1 fully saturated rings. The maximum absolute atomic E-state index is 5.47. The van der Waals surface area contributed by atoms with Gasteiger partial charge in [-0.3, -0.25) is 0 Å². The van der Waals surface area contributed by atoms with Gasteiger partial charge in [0.05, 0.1) is 12.1 Å². The van der Waals surface area contributed by atoms with Crippen molar-refractivity contribution >= 4 is 10.9 Å². The molecule has 2 aromatic rings. The van der Waals surface area contributed by atoms with Crippen LogP contribution in [0.15, 0.2) is 30.5 Å². The van der Waals surface area contributed by atoms with E-state index in [0.717, 1.165) is 6.61 Å². The molecule has 0 bridgehead atoms. The highest BCUT2D eigenvalue weighted by Crippen LogP contribution is 2.35. The van der Waals surface area contributed by atoms with Gasteiger partial charge in [-0.2, -0.15) is 0 Å². The highest BCUT2D eigenvalue weighted by Gasteiger charge is 2.41. The molecule has 1 aromatic heterocycles. The number of hydrogen-bond acceptors (Lipinski definition) is 1. The van der Waals surface area contributed by atoms with Crippen molar-refractivity contribution in [2.75, 3.05) is 6.61 Å². The summed E-state index contributed by atoms with van der Waals surface area (Å²) in [6.07, 6.45) is 2.61. The van der Waals surface area contributed by atoms with E-state index < -0.39 is 0 Å². The van der Waals surface area contributed by atoms with Crippen molar-refractivity contribution in [1.82, 2.24) is 4.57 Å². The van der Waals surface area contributed by atoms with Crippen molar-refractivity contribution in [2.24, 2.45) is 0 Å². The number of epoxide rings is 1. The van der Waals surface area contributed by atoms with Crippen LogP contribution in [0.1, 0.15) is 19.4 Å². The average molecular weight is 215 g/mol. The van der Waals surface area contributed by atoms with Crippen molar-refractivity contribution < 1.29 is 4.74 Å². The molecule has 1 aliphatic heterocycles. The summed E-state index contributed by atoms with van der Waals surface area (Å²) in [6.45, 7) is 7.55. The van der Waals surface area contributed by atoms with E-state index >= 15 is 0 Å². The van der Waals surface area contributed by atoms with Crippen molar-refractivity contribution in [3.05, 3.63) is 36.0 Å². The van der Waals surface area contributed by atoms with Crippen LogP contribution in [0.2, 0.25) is 0 Å². The van der Waals surface area contributed by atoms with Crippen LogP contribution in [0.3, 0.4) is 0 Å². The first-order valence-electron chi connectivity index (χ1n) is 5.79. The molecule has 0 N–H and O–H groups in total. The first-order chi connectivity index (χ1) is 7.60. The van der Waals surface area contributed by atoms with Crippen LogP contribution < -0.4 is 0 Å². The zero-order valence-corrected chi connectivity index (χ0v) is 10.0. The second kappa shape index (κ2) is 3.11. The average Bonchev–Trinajstić information content (AvgIpc) is 3.06. The molecule has 0 amide bonds. The van der Waals surface area contributed by atoms with Crippen molar-refractivity contribution in [3.63, 3.8) is 0 Å². The van der Waals surface area contributed by atoms with E-state index in [1.54, 1.807) is 0 Å².